The van der Waals surface area contributed by atoms with Crippen LogP contribution in [-0.4, -0.2) is 4.98 Å². The molecule has 0 fully saturated rings. The molecule has 90 valence electrons. The molecule has 1 aromatic heterocycles. The molecule has 0 unspecified atom stereocenters. The van der Waals surface area contributed by atoms with Crippen LogP contribution in [-0.2, 0) is 31.6 Å². The van der Waals surface area contributed by atoms with Crippen LogP contribution in [0.4, 0.5) is 13.2 Å². The first kappa shape index (κ1) is 12.1. The number of nitriles is 1. The maximum atomic E-state index is 12.8. The highest BCUT2D eigenvalue weighted by Gasteiger charge is 2.37. The van der Waals surface area contributed by atoms with Gasteiger partial charge in [0.15, 0.2) is 0 Å². The van der Waals surface area contributed by atoms with Gasteiger partial charge in [0, 0.05) is 0 Å². The molecule has 0 bridgehead atoms. The van der Waals surface area contributed by atoms with E-state index in [2.05, 4.69) is 4.98 Å². The van der Waals surface area contributed by atoms with Crippen molar-refractivity contribution < 1.29 is 13.2 Å². The van der Waals surface area contributed by atoms with Gasteiger partial charge < -0.3 is 12.6 Å². The van der Waals surface area contributed by atoms with Gasteiger partial charge >= 0.3 is 6.18 Å². The van der Waals surface area contributed by atoms with Gasteiger partial charge in [-0.25, -0.2) is 0 Å². The Morgan fingerprint density at radius 1 is 1.18 bits per heavy atom. The highest BCUT2D eigenvalue weighted by Crippen LogP contribution is 2.37. The maximum absolute atomic E-state index is 12.8. The number of alkyl halides is 3. The van der Waals surface area contributed by atoms with Gasteiger partial charge in [0.25, 0.3) is 0 Å². The molecule has 0 saturated carbocycles. The van der Waals surface area contributed by atoms with E-state index in [4.69, 9.17) is 17.9 Å². The molecule has 6 heteroatoms. The number of rotatable bonds is 0. The van der Waals surface area contributed by atoms with Gasteiger partial charge in [0.1, 0.15) is 5.69 Å². The molecule has 1 aliphatic rings. The zero-order chi connectivity index (χ0) is 12.6. The molecule has 1 heterocycles. The Bertz CT molecular complexity index is 503. The number of nitrogens with zero attached hydrogens (tertiary/aromatic N) is 2. The quantitative estimate of drug-likeness (QED) is 0.670. The molecular weight excluding hydrogens is 249 g/mol. The Kier molecular flexibility index (Phi) is 2.96. The normalized spacial score (nSPS) is 15.2. The van der Waals surface area contributed by atoms with E-state index in [1.54, 1.807) is 0 Å². The summed E-state index contributed by atoms with van der Waals surface area (Å²) in [7, 11) is 0. The predicted molar refractivity (Wildman–Crippen MR) is 56.2 cm³/mol. The van der Waals surface area contributed by atoms with E-state index in [-0.39, 0.29) is 16.2 Å². The van der Waals surface area contributed by atoms with Crippen LogP contribution in [0.15, 0.2) is 5.03 Å². The molecule has 17 heavy (non-hydrogen) atoms. The van der Waals surface area contributed by atoms with Gasteiger partial charge in [-0.05, 0) is 36.8 Å². The van der Waals surface area contributed by atoms with Crippen molar-refractivity contribution in [1.29, 1.82) is 5.26 Å². The highest BCUT2D eigenvalue weighted by molar-refractivity contribution is 7.58. The van der Waals surface area contributed by atoms with Crippen LogP contribution in [0.1, 0.15) is 35.2 Å². The van der Waals surface area contributed by atoms with Gasteiger partial charge in [0.2, 0.25) is 0 Å². The van der Waals surface area contributed by atoms with Crippen LogP contribution >= 0.6 is 0 Å². The molecule has 0 amide bonds. The molecule has 1 aromatic rings. The lowest BCUT2D eigenvalue weighted by Gasteiger charge is -2.24. The zero-order valence-corrected chi connectivity index (χ0v) is 9.58. The molecule has 0 aliphatic heterocycles. The van der Waals surface area contributed by atoms with Crippen LogP contribution in [0.5, 0.6) is 0 Å². The summed E-state index contributed by atoms with van der Waals surface area (Å²) >= 11 is 4.76. The summed E-state index contributed by atoms with van der Waals surface area (Å²) in [5.41, 5.74) is -0.154. The minimum Gasteiger partial charge on any atom is -0.759 e. The Morgan fingerprint density at radius 2 is 1.76 bits per heavy atom. The smallest absolute Gasteiger partial charge is 0.433 e. The van der Waals surface area contributed by atoms with Crippen LogP contribution in [0.2, 0.25) is 0 Å². The van der Waals surface area contributed by atoms with E-state index in [0.717, 1.165) is 6.42 Å². The fourth-order valence-corrected chi connectivity index (χ4v) is 2.41. The predicted octanol–water partition coefficient (Wildman–Crippen LogP) is 2.76. The third-order valence-electron chi connectivity index (χ3n) is 2.86. The summed E-state index contributed by atoms with van der Waals surface area (Å²) in [6.07, 6.45) is -2.21. The summed E-state index contributed by atoms with van der Waals surface area (Å²) in [5, 5.41) is 8.69. The zero-order valence-electron chi connectivity index (χ0n) is 8.76. The third kappa shape index (κ3) is 2.07. The fourth-order valence-electron chi connectivity index (χ4n) is 2.15. The lowest BCUT2D eigenvalue weighted by Crippen LogP contribution is -2.19. The second kappa shape index (κ2) is 4.15. The lowest BCUT2D eigenvalue weighted by atomic mass is 9.88. The minimum atomic E-state index is -4.50. The number of halogens is 3. The van der Waals surface area contributed by atoms with Gasteiger partial charge in [-0.2, -0.15) is 18.4 Å². The number of hydrogen-bond donors (Lipinski definition) is 0. The Balaban J connectivity index is 2.72. The molecule has 1 aliphatic carbocycles. The molecule has 0 atom stereocenters. The molecule has 2 nitrogen and oxygen atoms in total. The summed E-state index contributed by atoms with van der Waals surface area (Å²) in [6.45, 7) is 0. The first-order valence-corrected chi connectivity index (χ1v) is 5.56. The van der Waals surface area contributed by atoms with Gasteiger partial charge in [-0.1, -0.05) is 5.03 Å². The second-order valence-electron chi connectivity index (χ2n) is 3.91. The monoisotopic (exact) mass is 257 g/mol. The first-order chi connectivity index (χ1) is 7.95. The summed E-state index contributed by atoms with van der Waals surface area (Å²) in [4.78, 5) is 3.40. The molecule has 0 saturated heterocycles. The van der Waals surface area contributed by atoms with Crippen molar-refractivity contribution in [1.82, 2.24) is 4.98 Å². The lowest BCUT2D eigenvalue weighted by molar-refractivity contribution is -0.142. The van der Waals surface area contributed by atoms with Gasteiger partial charge in [0.05, 0.1) is 11.6 Å². The van der Waals surface area contributed by atoms with E-state index in [1.165, 1.54) is 0 Å². The van der Waals surface area contributed by atoms with Gasteiger partial charge in [-0.3, -0.25) is 4.98 Å². The maximum Gasteiger partial charge on any atom is 0.433 e. The van der Waals surface area contributed by atoms with Gasteiger partial charge in [-0.15, -0.1) is 0 Å². The molecule has 0 aromatic carbocycles. The van der Waals surface area contributed by atoms with Crippen LogP contribution in [0, 0.1) is 11.3 Å². The molecule has 0 spiro atoms. The average molecular weight is 257 g/mol. The van der Waals surface area contributed by atoms with Crippen molar-refractivity contribution in [3.8, 4) is 6.07 Å². The average Bonchev–Trinajstić information content (AvgIpc) is 2.27. The number of hydrogen-bond acceptors (Lipinski definition) is 3. The molecule has 0 N–H and O–H groups in total. The van der Waals surface area contributed by atoms with E-state index >= 15 is 0 Å². The third-order valence-corrected chi connectivity index (χ3v) is 3.16. The van der Waals surface area contributed by atoms with Crippen molar-refractivity contribution >= 4 is 12.6 Å². The second-order valence-corrected chi connectivity index (χ2v) is 4.30. The van der Waals surface area contributed by atoms with Crippen molar-refractivity contribution in [2.45, 2.75) is 36.9 Å². The molecule has 0 radical (unpaired) electrons. The molecule has 2 rings (SSSR count). The Hall–Kier alpha value is -1.35. The van der Waals surface area contributed by atoms with E-state index in [1.807, 2.05) is 6.07 Å². The first-order valence-electron chi connectivity index (χ1n) is 5.15. The topological polar surface area (TPSA) is 36.7 Å². The Labute approximate surface area is 102 Å². The SMILES string of the molecule is N#Cc1c([S-])nc(C(F)(F)F)c2c1CCCC2. The van der Waals surface area contributed by atoms with Crippen molar-refractivity contribution in [3.63, 3.8) is 0 Å². The van der Waals surface area contributed by atoms with E-state index in [0.29, 0.717) is 24.8 Å². The van der Waals surface area contributed by atoms with Crippen LogP contribution in [0.25, 0.3) is 0 Å². The van der Waals surface area contributed by atoms with E-state index < -0.39 is 11.9 Å². The Morgan fingerprint density at radius 3 is 2.29 bits per heavy atom. The van der Waals surface area contributed by atoms with E-state index in [9.17, 15) is 13.2 Å². The standard InChI is InChI=1S/C11H9F3N2S/c12-11(13,14)9-7-4-2-1-3-6(7)8(5-15)10(17)16-9/h1-4H2,(H,16,17)/p-1. The number of aromatic nitrogens is 1. The molecular formula is C11H8F3N2S-. The number of pyridine rings is 1. The van der Waals surface area contributed by atoms with Crippen molar-refractivity contribution in [2.24, 2.45) is 0 Å². The summed E-state index contributed by atoms with van der Waals surface area (Å²) in [6, 6.07) is 1.87. The minimum absolute atomic E-state index is 0.141. The van der Waals surface area contributed by atoms with Crippen molar-refractivity contribution in [3.05, 3.63) is 22.4 Å². The largest absolute Gasteiger partial charge is 0.759 e. The summed E-state index contributed by atoms with van der Waals surface area (Å²) < 4.78 is 38.4. The van der Waals surface area contributed by atoms with Crippen molar-refractivity contribution in [2.75, 3.05) is 0 Å². The fraction of sp³-hybridized carbons (Fsp3) is 0.455. The van der Waals surface area contributed by atoms with Crippen LogP contribution < -0.4 is 0 Å². The highest BCUT2D eigenvalue weighted by atomic mass is 32.1. The summed E-state index contributed by atoms with van der Waals surface area (Å²) in [5.74, 6) is 0. The van der Waals surface area contributed by atoms with Crippen LogP contribution in [0.3, 0.4) is 0 Å². The number of fused-ring (bicyclic) bond motifs is 1.